The Morgan fingerprint density at radius 1 is 1.29 bits per heavy atom. The van der Waals surface area contributed by atoms with Crippen molar-refractivity contribution in [2.45, 2.75) is 12.0 Å². The molecule has 1 fully saturated rings. The average molecular weight is 329 g/mol. The van der Waals surface area contributed by atoms with Gasteiger partial charge in [0.15, 0.2) is 0 Å². The first-order chi connectivity index (χ1) is 11.7. The van der Waals surface area contributed by atoms with Gasteiger partial charge in [0.25, 0.3) is 0 Å². The molecule has 0 amide bonds. The Balaban J connectivity index is 1.81. The molecule has 1 unspecified atom stereocenters. The molecule has 0 bridgehead atoms. The molecule has 1 saturated heterocycles. The number of nitrogens with one attached hydrogen (secondary N) is 1. The summed E-state index contributed by atoms with van der Waals surface area (Å²) in [4.78, 5) is 19.0. The topological polar surface area (TPSA) is 93.6 Å². The van der Waals surface area contributed by atoms with Crippen molar-refractivity contribution in [2.24, 2.45) is 0 Å². The van der Waals surface area contributed by atoms with Gasteiger partial charge in [-0.2, -0.15) is 0 Å². The van der Waals surface area contributed by atoms with E-state index < -0.39 is 11.6 Å². The van der Waals surface area contributed by atoms with Crippen molar-refractivity contribution >= 4 is 11.8 Å². The minimum atomic E-state index is -0.928. The van der Waals surface area contributed by atoms with Crippen LogP contribution in [-0.2, 0) is 26.3 Å². The number of nitrogens with zero attached hydrogens (tertiary/aromatic N) is 2. The highest BCUT2D eigenvalue weighted by Gasteiger charge is 2.36. The Morgan fingerprint density at radius 3 is 2.83 bits per heavy atom. The summed E-state index contributed by atoms with van der Waals surface area (Å²) >= 11 is 0. The maximum atomic E-state index is 11.0. The van der Waals surface area contributed by atoms with Crippen molar-refractivity contribution < 1.29 is 19.4 Å². The molecule has 7 nitrogen and oxygen atoms in total. The Bertz CT molecular complexity index is 687. The normalized spacial score (nSPS) is 20.5. The average Bonchev–Trinajstić information content (AvgIpc) is 2.62. The minimum absolute atomic E-state index is 0.140. The number of carbonyl (C=O) groups is 1. The molecule has 2 N–H and O–H groups in total. The zero-order valence-corrected chi connectivity index (χ0v) is 13.1. The SMILES string of the molecule is O=C(O)Cc1cncnc1NCC1(c2ccccc2)COCCO1. The lowest BCUT2D eigenvalue weighted by Crippen LogP contribution is -2.46. The van der Waals surface area contributed by atoms with Crippen LogP contribution >= 0.6 is 0 Å². The summed E-state index contributed by atoms with van der Waals surface area (Å²) in [6, 6.07) is 9.85. The number of carboxylic acids is 1. The molecule has 1 aliphatic heterocycles. The Labute approximate surface area is 139 Å². The van der Waals surface area contributed by atoms with Crippen LogP contribution in [0.2, 0.25) is 0 Å². The second kappa shape index (κ2) is 7.37. The third-order valence-electron chi connectivity index (χ3n) is 3.91. The maximum absolute atomic E-state index is 11.0. The molecule has 1 aliphatic rings. The number of ether oxygens (including phenoxy) is 2. The quantitative estimate of drug-likeness (QED) is 0.828. The number of hydrogen-bond acceptors (Lipinski definition) is 6. The molecule has 0 radical (unpaired) electrons. The number of aliphatic carboxylic acids is 1. The van der Waals surface area contributed by atoms with Crippen molar-refractivity contribution in [2.75, 3.05) is 31.7 Å². The van der Waals surface area contributed by atoms with E-state index in [-0.39, 0.29) is 6.42 Å². The van der Waals surface area contributed by atoms with Crippen LogP contribution in [0.3, 0.4) is 0 Å². The summed E-state index contributed by atoms with van der Waals surface area (Å²) in [5.41, 5.74) is 0.904. The highest BCUT2D eigenvalue weighted by atomic mass is 16.6. The van der Waals surface area contributed by atoms with Crippen LogP contribution in [0, 0.1) is 0 Å². The van der Waals surface area contributed by atoms with E-state index in [9.17, 15) is 4.79 Å². The zero-order chi connectivity index (χ0) is 16.8. The number of rotatable bonds is 6. The monoisotopic (exact) mass is 329 g/mol. The lowest BCUT2D eigenvalue weighted by atomic mass is 9.93. The third kappa shape index (κ3) is 3.69. The first-order valence-electron chi connectivity index (χ1n) is 7.71. The van der Waals surface area contributed by atoms with Gasteiger partial charge in [0, 0.05) is 11.8 Å². The Morgan fingerprint density at radius 2 is 2.12 bits per heavy atom. The molecule has 0 spiro atoms. The van der Waals surface area contributed by atoms with Gasteiger partial charge in [-0.15, -0.1) is 0 Å². The van der Waals surface area contributed by atoms with Gasteiger partial charge in [-0.1, -0.05) is 30.3 Å². The van der Waals surface area contributed by atoms with E-state index in [0.717, 1.165) is 5.56 Å². The fourth-order valence-corrected chi connectivity index (χ4v) is 2.72. The Kier molecular flexibility index (Phi) is 5.02. The number of carboxylic acid groups (broad SMARTS) is 1. The van der Waals surface area contributed by atoms with Crippen LogP contribution < -0.4 is 5.32 Å². The van der Waals surface area contributed by atoms with E-state index in [1.807, 2.05) is 30.3 Å². The molecular weight excluding hydrogens is 310 g/mol. The molecule has 7 heteroatoms. The maximum Gasteiger partial charge on any atom is 0.308 e. The lowest BCUT2D eigenvalue weighted by molar-refractivity contribution is -0.155. The molecule has 0 saturated carbocycles. The van der Waals surface area contributed by atoms with Crippen LogP contribution in [0.5, 0.6) is 0 Å². The van der Waals surface area contributed by atoms with Crippen molar-refractivity contribution in [3.63, 3.8) is 0 Å². The fourth-order valence-electron chi connectivity index (χ4n) is 2.72. The van der Waals surface area contributed by atoms with E-state index >= 15 is 0 Å². The first-order valence-corrected chi connectivity index (χ1v) is 7.71. The number of benzene rings is 1. The van der Waals surface area contributed by atoms with Gasteiger partial charge in [-0.05, 0) is 5.56 Å². The van der Waals surface area contributed by atoms with E-state index in [4.69, 9.17) is 14.6 Å². The van der Waals surface area contributed by atoms with Gasteiger partial charge in [0.2, 0.25) is 0 Å². The molecule has 3 rings (SSSR count). The molecule has 2 heterocycles. The molecule has 1 aromatic heterocycles. The van der Waals surface area contributed by atoms with Gasteiger partial charge in [0.1, 0.15) is 17.7 Å². The first kappa shape index (κ1) is 16.4. The summed E-state index contributed by atoms with van der Waals surface area (Å²) in [5, 5.41) is 12.2. The summed E-state index contributed by atoms with van der Waals surface area (Å²) in [7, 11) is 0. The van der Waals surface area contributed by atoms with Crippen molar-refractivity contribution in [1.29, 1.82) is 0 Å². The van der Waals surface area contributed by atoms with Crippen molar-refractivity contribution in [3.8, 4) is 0 Å². The largest absolute Gasteiger partial charge is 0.481 e. The minimum Gasteiger partial charge on any atom is -0.481 e. The van der Waals surface area contributed by atoms with Gasteiger partial charge in [-0.3, -0.25) is 4.79 Å². The van der Waals surface area contributed by atoms with E-state index in [1.165, 1.54) is 12.5 Å². The van der Waals surface area contributed by atoms with Crippen LogP contribution in [0.1, 0.15) is 11.1 Å². The summed E-state index contributed by atoms with van der Waals surface area (Å²) < 4.78 is 11.7. The fraction of sp³-hybridized carbons (Fsp3) is 0.353. The smallest absolute Gasteiger partial charge is 0.308 e. The van der Waals surface area contributed by atoms with Gasteiger partial charge < -0.3 is 19.9 Å². The van der Waals surface area contributed by atoms with Crippen molar-refractivity contribution in [3.05, 3.63) is 54.0 Å². The van der Waals surface area contributed by atoms with Gasteiger partial charge in [-0.25, -0.2) is 9.97 Å². The van der Waals surface area contributed by atoms with Gasteiger partial charge >= 0.3 is 5.97 Å². The van der Waals surface area contributed by atoms with Crippen LogP contribution in [0.4, 0.5) is 5.82 Å². The second-order valence-electron chi connectivity index (χ2n) is 5.58. The predicted octanol–water partition coefficient (Wildman–Crippen LogP) is 1.46. The molecule has 24 heavy (non-hydrogen) atoms. The van der Waals surface area contributed by atoms with E-state index in [2.05, 4.69) is 15.3 Å². The van der Waals surface area contributed by atoms with Crippen molar-refractivity contribution in [1.82, 2.24) is 9.97 Å². The van der Waals surface area contributed by atoms with Crippen LogP contribution in [0.25, 0.3) is 0 Å². The van der Waals surface area contributed by atoms with Crippen LogP contribution in [-0.4, -0.2) is 47.4 Å². The zero-order valence-electron chi connectivity index (χ0n) is 13.1. The van der Waals surface area contributed by atoms with E-state index in [0.29, 0.717) is 37.7 Å². The Hall–Kier alpha value is -2.51. The highest BCUT2D eigenvalue weighted by molar-refractivity contribution is 5.72. The lowest BCUT2D eigenvalue weighted by Gasteiger charge is -2.37. The third-order valence-corrected chi connectivity index (χ3v) is 3.91. The summed E-state index contributed by atoms with van der Waals surface area (Å²) in [5.74, 6) is -0.431. The molecule has 2 aromatic rings. The van der Waals surface area contributed by atoms with Crippen LogP contribution in [0.15, 0.2) is 42.9 Å². The summed E-state index contributed by atoms with van der Waals surface area (Å²) in [6.45, 7) is 1.90. The molecule has 1 atom stereocenters. The molecule has 1 aromatic carbocycles. The van der Waals surface area contributed by atoms with Gasteiger partial charge in [0.05, 0.1) is 32.8 Å². The highest BCUT2D eigenvalue weighted by Crippen LogP contribution is 2.29. The number of anilines is 1. The molecule has 0 aliphatic carbocycles. The number of aromatic nitrogens is 2. The predicted molar refractivity (Wildman–Crippen MR) is 86.8 cm³/mol. The molecule has 126 valence electrons. The standard InChI is InChI=1S/C17H19N3O4/c21-15(22)8-13-9-18-12-20-16(13)19-10-17(11-23-6-7-24-17)14-4-2-1-3-5-14/h1-5,9,12H,6-8,10-11H2,(H,21,22)(H,18,19,20). The second-order valence-corrected chi connectivity index (χ2v) is 5.58. The summed E-state index contributed by atoms with van der Waals surface area (Å²) in [6.07, 6.45) is 2.76. The van der Waals surface area contributed by atoms with E-state index in [1.54, 1.807) is 0 Å². The number of hydrogen-bond donors (Lipinski definition) is 2. The molecular formula is C17H19N3O4.